The Bertz CT molecular complexity index is 579. The van der Waals surface area contributed by atoms with Gasteiger partial charge in [0.05, 0.1) is 6.61 Å². The molecular weight excluding hydrogens is 284 g/mol. The van der Waals surface area contributed by atoms with Crippen LogP contribution in [0.3, 0.4) is 0 Å². The number of carbonyl (C=O) groups is 1. The largest absolute Gasteiger partial charge is 0.462 e. The lowest BCUT2D eigenvalue weighted by molar-refractivity contribution is -0.137. The van der Waals surface area contributed by atoms with E-state index in [1.54, 1.807) is 6.92 Å². The predicted octanol–water partition coefficient (Wildman–Crippen LogP) is 3.46. The van der Waals surface area contributed by atoms with Crippen molar-refractivity contribution in [1.82, 2.24) is 0 Å². The maximum atomic E-state index is 11.6. The van der Waals surface area contributed by atoms with Crippen LogP contribution in [0, 0.1) is 5.41 Å². The average molecular weight is 304 g/mol. The highest BCUT2D eigenvalue weighted by Crippen LogP contribution is 2.23. The van der Waals surface area contributed by atoms with Crippen LogP contribution in [0.15, 0.2) is 29.8 Å². The number of rotatable bonds is 4. The van der Waals surface area contributed by atoms with Gasteiger partial charge >= 0.3 is 5.97 Å². The quantitative estimate of drug-likeness (QED) is 0.387. The molecule has 0 amide bonds. The minimum absolute atomic E-state index is 0.0734. The minimum atomic E-state index is -0.642. The van der Waals surface area contributed by atoms with Gasteiger partial charge in [-0.05, 0) is 35.9 Å². The van der Waals surface area contributed by atoms with E-state index in [4.69, 9.17) is 22.4 Å². The summed E-state index contributed by atoms with van der Waals surface area (Å²) in [6, 6.07) is 7.78. The molecule has 0 aliphatic carbocycles. The number of benzene rings is 1. The van der Waals surface area contributed by atoms with Crippen molar-refractivity contribution in [2.24, 2.45) is 0 Å². The first-order valence-corrected chi connectivity index (χ1v) is 7.09. The summed E-state index contributed by atoms with van der Waals surface area (Å²) in [5, 5.41) is 10.1. The number of thiocarbonyl (C=S) groups is 1. The first-order chi connectivity index (χ1) is 9.79. The van der Waals surface area contributed by atoms with Gasteiger partial charge in [0.2, 0.25) is 0 Å². The zero-order valence-corrected chi connectivity index (χ0v) is 13.6. The zero-order chi connectivity index (χ0) is 16.0. The first kappa shape index (κ1) is 17.1. The number of hydrogen-bond acceptors (Lipinski definition) is 4. The van der Waals surface area contributed by atoms with Gasteiger partial charge in [-0.2, -0.15) is 0 Å². The molecule has 1 aromatic carbocycles. The van der Waals surface area contributed by atoms with E-state index in [1.165, 1.54) is 5.56 Å². The van der Waals surface area contributed by atoms with Crippen LogP contribution in [0.25, 0.3) is 0 Å². The van der Waals surface area contributed by atoms with Crippen LogP contribution in [0.1, 0.15) is 33.3 Å². The second-order valence-corrected chi connectivity index (χ2v) is 5.91. The lowest BCUT2D eigenvalue weighted by atomic mass is 9.87. The topological polar surface area (TPSA) is 62.2 Å². The summed E-state index contributed by atoms with van der Waals surface area (Å²) in [6.45, 7) is 8.33. The van der Waals surface area contributed by atoms with Crippen LogP contribution < -0.4 is 5.32 Å². The van der Waals surface area contributed by atoms with Gasteiger partial charge in [-0.1, -0.05) is 45.1 Å². The van der Waals surface area contributed by atoms with E-state index in [9.17, 15) is 4.79 Å². The standard InChI is InChI=1S/C16H20N2O2S/c1-5-20-15(19)13(10-17)14(21)18-12-8-6-11(7-9-12)16(2,3)4/h6-9,17H,5H2,1-4H3,(H,18,21). The average Bonchev–Trinajstić information content (AvgIpc) is 2.39. The molecule has 0 aliphatic rings. The lowest BCUT2D eigenvalue weighted by Crippen LogP contribution is -2.21. The van der Waals surface area contributed by atoms with Gasteiger partial charge in [0.15, 0.2) is 5.57 Å². The van der Waals surface area contributed by atoms with Crippen molar-refractivity contribution >= 4 is 34.7 Å². The molecule has 1 rings (SSSR count). The van der Waals surface area contributed by atoms with Crippen molar-refractivity contribution in [3.63, 3.8) is 0 Å². The molecule has 0 aliphatic heterocycles. The molecule has 0 radical (unpaired) electrons. The lowest BCUT2D eigenvalue weighted by Gasteiger charge is -2.19. The van der Waals surface area contributed by atoms with E-state index in [2.05, 4.69) is 26.1 Å². The second-order valence-electron chi connectivity index (χ2n) is 5.50. The van der Waals surface area contributed by atoms with Crippen LogP contribution in [-0.4, -0.2) is 23.4 Å². The zero-order valence-electron chi connectivity index (χ0n) is 12.7. The van der Waals surface area contributed by atoms with E-state index in [0.717, 1.165) is 5.69 Å². The first-order valence-electron chi connectivity index (χ1n) is 6.68. The van der Waals surface area contributed by atoms with Crippen molar-refractivity contribution in [3.05, 3.63) is 35.4 Å². The van der Waals surface area contributed by atoms with Crippen molar-refractivity contribution in [3.8, 4) is 0 Å². The minimum Gasteiger partial charge on any atom is -0.462 e. The fourth-order valence-corrected chi connectivity index (χ4v) is 1.90. The van der Waals surface area contributed by atoms with Crippen molar-refractivity contribution < 1.29 is 9.53 Å². The number of nitrogens with one attached hydrogen (secondary N) is 2. The van der Waals surface area contributed by atoms with E-state index in [0.29, 0.717) is 0 Å². The molecule has 5 heteroatoms. The van der Waals surface area contributed by atoms with Gasteiger partial charge < -0.3 is 10.1 Å². The Morgan fingerprint density at radius 3 is 2.33 bits per heavy atom. The van der Waals surface area contributed by atoms with E-state index in [1.807, 2.05) is 30.1 Å². The Balaban J connectivity index is 2.84. The second kappa shape index (κ2) is 7.16. The molecule has 0 aromatic heterocycles. The van der Waals surface area contributed by atoms with Gasteiger partial charge in [0, 0.05) is 5.69 Å². The molecule has 0 bridgehead atoms. The molecule has 0 spiro atoms. The van der Waals surface area contributed by atoms with E-state index in [-0.39, 0.29) is 22.6 Å². The number of esters is 1. The molecule has 0 heterocycles. The van der Waals surface area contributed by atoms with Crippen LogP contribution in [0.5, 0.6) is 0 Å². The summed E-state index contributed by atoms with van der Waals surface area (Å²) < 4.78 is 4.83. The van der Waals surface area contributed by atoms with Crippen LogP contribution in [0.2, 0.25) is 0 Å². The normalized spacial score (nSPS) is 10.5. The molecule has 0 atom stereocenters. The maximum absolute atomic E-state index is 11.6. The molecule has 0 unspecified atom stereocenters. The maximum Gasteiger partial charge on any atom is 0.350 e. The summed E-state index contributed by atoms with van der Waals surface area (Å²) in [5.74, 6) is 1.39. The summed E-state index contributed by atoms with van der Waals surface area (Å²) in [6.07, 6.45) is 0. The molecule has 2 N–H and O–H groups in total. The Hall–Kier alpha value is -1.97. The third-order valence-electron chi connectivity index (χ3n) is 2.84. The molecule has 112 valence electrons. The summed E-state index contributed by atoms with van der Waals surface area (Å²) in [7, 11) is 0. The van der Waals surface area contributed by atoms with Crippen LogP contribution in [-0.2, 0) is 14.9 Å². The third-order valence-corrected chi connectivity index (χ3v) is 3.15. The van der Waals surface area contributed by atoms with E-state index >= 15 is 0 Å². The highest BCUT2D eigenvalue weighted by molar-refractivity contribution is 7.81. The van der Waals surface area contributed by atoms with Crippen LogP contribution in [0.4, 0.5) is 5.69 Å². The Labute approximate surface area is 130 Å². The Kier molecular flexibility index (Phi) is 5.82. The predicted molar refractivity (Wildman–Crippen MR) is 89.2 cm³/mol. The number of ether oxygens (including phenoxy) is 1. The summed E-state index contributed by atoms with van der Waals surface area (Å²) >= 11 is 5.12. The molecule has 4 nitrogen and oxygen atoms in total. The van der Waals surface area contributed by atoms with E-state index < -0.39 is 5.97 Å². The molecular formula is C16H20N2O2S. The van der Waals surface area contributed by atoms with Crippen LogP contribution >= 0.6 is 12.2 Å². The van der Waals surface area contributed by atoms with Gasteiger partial charge in [0.25, 0.3) is 0 Å². The van der Waals surface area contributed by atoms with Gasteiger partial charge in [-0.15, -0.1) is 0 Å². The fourth-order valence-electron chi connectivity index (χ4n) is 1.65. The van der Waals surface area contributed by atoms with Gasteiger partial charge in [-0.3, -0.25) is 5.41 Å². The van der Waals surface area contributed by atoms with Gasteiger partial charge in [-0.25, -0.2) is 4.79 Å². The Morgan fingerprint density at radius 2 is 1.90 bits per heavy atom. The highest BCUT2D eigenvalue weighted by Gasteiger charge is 2.17. The molecule has 21 heavy (non-hydrogen) atoms. The number of anilines is 1. The highest BCUT2D eigenvalue weighted by atomic mass is 32.1. The monoisotopic (exact) mass is 304 g/mol. The summed E-state index contributed by atoms with van der Waals surface area (Å²) in [5.41, 5.74) is 1.95. The van der Waals surface area contributed by atoms with Crippen molar-refractivity contribution in [2.75, 3.05) is 11.9 Å². The smallest absolute Gasteiger partial charge is 0.350 e. The SMILES string of the molecule is CCOC(=O)C(=C=N)C(=S)Nc1ccc(C(C)(C)C)cc1. The van der Waals surface area contributed by atoms with Gasteiger partial charge in [0.1, 0.15) is 4.99 Å². The molecule has 0 fully saturated rings. The van der Waals surface area contributed by atoms with Crippen molar-refractivity contribution in [2.45, 2.75) is 33.1 Å². The molecule has 0 saturated carbocycles. The fraction of sp³-hybridized carbons (Fsp3) is 0.375. The van der Waals surface area contributed by atoms with Crippen molar-refractivity contribution in [1.29, 1.82) is 5.41 Å². The molecule has 1 aromatic rings. The Morgan fingerprint density at radius 1 is 1.33 bits per heavy atom. The number of hydrogen-bond donors (Lipinski definition) is 2. The third kappa shape index (κ3) is 4.81. The number of carbonyl (C=O) groups excluding carboxylic acids is 1. The molecule has 0 saturated heterocycles. The summed E-state index contributed by atoms with van der Waals surface area (Å²) in [4.78, 5) is 11.8.